The molecule has 5 rings (SSSR count). The minimum absolute atomic E-state index is 0.738. The van der Waals surface area contributed by atoms with Crippen LogP contribution in [-0.2, 0) is 19.3 Å². The lowest BCUT2D eigenvalue weighted by molar-refractivity contribution is 0.112. The average Bonchev–Trinajstić information content (AvgIpc) is 3.71. The highest BCUT2D eigenvalue weighted by atomic mass is 32.1. The monoisotopic (exact) mass is 608 g/mol. The third-order valence-electron chi connectivity index (χ3n) is 9.06. The van der Waals surface area contributed by atoms with Crippen molar-refractivity contribution in [3.05, 3.63) is 91.7 Å². The molecule has 3 heteroatoms. The van der Waals surface area contributed by atoms with E-state index in [4.69, 9.17) is 0 Å². The number of hydrogen-bond acceptors (Lipinski definition) is 3. The summed E-state index contributed by atoms with van der Waals surface area (Å²) in [7, 11) is 0. The molecule has 1 aliphatic rings. The van der Waals surface area contributed by atoms with Crippen LogP contribution in [0.2, 0.25) is 0 Å². The summed E-state index contributed by atoms with van der Waals surface area (Å²) in [4.78, 5) is 17.2. The van der Waals surface area contributed by atoms with Crippen molar-refractivity contribution in [3.63, 3.8) is 0 Å². The number of allylic oxidation sites excluding steroid dienone is 2. The number of unbranched alkanes of at least 4 members (excludes halogenated alkanes) is 3. The second kappa shape index (κ2) is 14.8. The maximum absolute atomic E-state index is 11.3. The van der Waals surface area contributed by atoms with Crippen LogP contribution >= 0.6 is 22.7 Å². The van der Waals surface area contributed by atoms with E-state index in [9.17, 15) is 4.79 Å². The van der Waals surface area contributed by atoms with Gasteiger partial charge in [0.15, 0.2) is 0 Å². The Morgan fingerprint density at radius 1 is 0.628 bits per heavy atom. The van der Waals surface area contributed by atoms with Crippen LogP contribution in [0.15, 0.2) is 48.5 Å². The first-order valence-electron chi connectivity index (χ1n) is 16.6. The fourth-order valence-electron chi connectivity index (χ4n) is 6.88. The maximum Gasteiger partial charge on any atom is 0.150 e. The van der Waals surface area contributed by atoms with Gasteiger partial charge in [0.2, 0.25) is 0 Å². The van der Waals surface area contributed by atoms with E-state index in [-0.39, 0.29) is 0 Å². The minimum Gasteiger partial charge on any atom is -0.298 e. The largest absolute Gasteiger partial charge is 0.298 e. The van der Waals surface area contributed by atoms with Crippen molar-refractivity contribution < 1.29 is 4.79 Å². The zero-order valence-corrected chi connectivity index (χ0v) is 28.5. The molecule has 4 aromatic rings. The van der Waals surface area contributed by atoms with E-state index in [1.54, 1.807) is 21.6 Å². The van der Waals surface area contributed by atoms with Gasteiger partial charge in [-0.3, -0.25) is 4.79 Å². The molecule has 0 radical (unpaired) electrons. The first-order valence-corrected chi connectivity index (χ1v) is 18.3. The van der Waals surface area contributed by atoms with Gasteiger partial charge in [-0.25, -0.2) is 0 Å². The number of thiophene rings is 2. The Morgan fingerprint density at radius 3 is 1.60 bits per heavy atom. The molecule has 2 aromatic heterocycles. The highest BCUT2D eigenvalue weighted by molar-refractivity contribution is 7.16. The Balaban J connectivity index is 1.56. The lowest BCUT2D eigenvalue weighted by Gasteiger charge is -2.13. The fourth-order valence-corrected chi connectivity index (χ4v) is 9.76. The second-order valence-corrected chi connectivity index (χ2v) is 14.5. The van der Waals surface area contributed by atoms with Gasteiger partial charge >= 0.3 is 0 Å². The third kappa shape index (κ3) is 6.84. The Bertz CT molecular complexity index is 1560. The van der Waals surface area contributed by atoms with Crippen LogP contribution in [0, 0.1) is 13.8 Å². The summed E-state index contributed by atoms with van der Waals surface area (Å²) in [6.07, 6.45) is 15.5. The first-order chi connectivity index (χ1) is 21.0. The topological polar surface area (TPSA) is 17.1 Å². The Hall–Kier alpha value is -2.75. The second-order valence-electron chi connectivity index (χ2n) is 12.3. The molecule has 0 N–H and O–H groups in total. The molecule has 0 unspecified atom stereocenters. The van der Waals surface area contributed by atoms with E-state index in [0.29, 0.717) is 0 Å². The normalized spacial score (nSPS) is 13.3. The summed E-state index contributed by atoms with van der Waals surface area (Å²) in [6.45, 7) is 11.6. The van der Waals surface area contributed by atoms with Crippen molar-refractivity contribution in [2.45, 2.75) is 112 Å². The predicted octanol–water partition coefficient (Wildman–Crippen LogP) is 12.7. The van der Waals surface area contributed by atoms with E-state index in [2.05, 4.69) is 71.0 Å². The number of rotatable bonds is 14. The maximum atomic E-state index is 11.3. The van der Waals surface area contributed by atoms with Crippen molar-refractivity contribution in [1.29, 1.82) is 0 Å². The minimum atomic E-state index is 0.738. The highest BCUT2D eigenvalue weighted by Gasteiger charge is 2.28. The number of carbonyl (C=O) groups excluding carboxylic acids is 1. The van der Waals surface area contributed by atoms with Crippen molar-refractivity contribution in [2.24, 2.45) is 0 Å². The molecule has 0 saturated carbocycles. The van der Waals surface area contributed by atoms with Gasteiger partial charge in [0.05, 0.1) is 0 Å². The van der Waals surface area contributed by atoms with Gasteiger partial charge in [-0.1, -0.05) is 101 Å². The lowest BCUT2D eigenvalue weighted by Crippen LogP contribution is -1.95. The molecule has 43 heavy (non-hydrogen) atoms. The summed E-state index contributed by atoms with van der Waals surface area (Å²) >= 11 is 4.01. The Morgan fingerprint density at radius 2 is 1.14 bits per heavy atom. The molecule has 0 atom stereocenters. The van der Waals surface area contributed by atoms with Gasteiger partial charge in [-0.15, -0.1) is 22.7 Å². The van der Waals surface area contributed by atoms with Gasteiger partial charge in [0.25, 0.3) is 0 Å². The van der Waals surface area contributed by atoms with Crippen molar-refractivity contribution in [3.8, 4) is 20.9 Å². The highest BCUT2D eigenvalue weighted by Crippen LogP contribution is 2.51. The zero-order valence-electron chi connectivity index (χ0n) is 26.9. The molecule has 2 aromatic carbocycles. The molecule has 0 aliphatic heterocycles. The molecule has 0 fully saturated rings. The van der Waals surface area contributed by atoms with Crippen molar-refractivity contribution in [1.82, 2.24) is 0 Å². The van der Waals surface area contributed by atoms with Crippen LogP contribution in [0.4, 0.5) is 0 Å². The van der Waals surface area contributed by atoms with E-state index < -0.39 is 0 Å². The SMILES string of the molecule is CCCCCCc1ccc(-c2sc(CCC)c(C3=C(c4c(CCC)sc(-c5ccc(C=O)cc5)c4C)CCC3)c2C)cc1. The van der Waals surface area contributed by atoms with E-state index in [0.717, 1.165) is 37.5 Å². The Labute approximate surface area is 268 Å². The summed E-state index contributed by atoms with van der Waals surface area (Å²) in [5.74, 6) is 0. The van der Waals surface area contributed by atoms with Crippen LogP contribution in [0.3, 0.4) is 0 Å². The number of carbonyl (C=O) groups is 1. The van der Waals surface area contributed by atoms with Crippen LogP contribution in [0.5, 0.6) is 0 Å². The summed E-state index contributed by atoms with van der Waals surface area (Å²) in [5, 5.41) is 0. The first kappa shape index (κ1) is 31.7. The summed E-state index contributed by atoms with van der Waals surface area (Å²) < 4.78 is 0. The zero-order chi connectivity index (χ0) is 30.3. The van der Waals surface area contributed by atoms with Gasteiger partial charge in [0, 0.05) is 25.1 Å². The average molecular weight is 609 g/mol. The molecule has 0 saturated heterocycles. The summed E-state index contributed by atoms with van der Waals surface area (Å²) in [6, 6.07) is 17.6. The van der Waals surface area contributed by atoms with Crippen molar-refractivity contribution in [2.75, 3.05) is 0 Å². The third-order valence-corrected chi connectivity index (χ3v) is 11.9. The van der Waals surface area contributed by atoms with Crippen LogP contribution in [0.25, 0.3) is 32.0 Å². The predicted molar refractivity (Wildman–Crippen MR) is 191 cm³/mol. The number of benzene rings is 2. The van der Waals surface area contributed by atoms with Crippen molar-refractivity contribution >= 4 is 40.1 Å². The molecule has 1 aliphatic carbocycles. The number of aryl methyl sites for hydroxylation is 3. The van der Waals surface area contributed by atoms with E-state index in [1.807, 2.05) is 34.8 Å². The van der Waals surface area contributed by atoms with Gasteiger partial charge in [0.1, 0.15) is 6.29 Å². The quantitative estimate of drug-likeness (QED) is 0.103. The molecule has 0 spiro atoms. The molecular formula is C40H48OS2. The molecule has 2 heterocycles. The van der Waals surface area contributed by atoms with Gasteiger partial charge < -0.3 is 0 Å². The van der Waals surface area contributed by atoms with E-state index >= 15 is 0 Å². The standard InChI is InChI=1S/C40H48OS2/c1-6-9-10-11-15-29-18-22-31(23-19-29)39-27(4)37(35(42-39)13-7-2)33-16-12-17-34(33)38-28(5)40(43-36(38)14-8-3)32-24-20-30(26-41)21-25-32/h18-26H,6-17H2,1-5H3. The fraction of sp³-hybridized carbons (Fsp3) is 0.425. The molecule has 0 bridgehead atoms. The Kier molecular flexibility index (Phi) is 10.9. The smallest absolute Gasteiger partial charge is 0.150 e. The van der Waals surface area contributed by atoms with Gasteiger partial charge in [-0.05, 0) is 109 Å². The van der Waals surface area contributed by atoms with Crippen LogP contribution < -0.4 is 0 Å². The van der Waals surface area contributed by atoms with Gasteiger partial charge in [-0.2, -0.15) is 0 Å². The van der Waals surface area contributed by atoms with E-state index in [1.165, 1.54) is 99.4 Å². The molecular weight excluding hydrogens is 561 g/mol. The number of hydrogen-bond donors (Lipinski definition) is 0. The molecule has 226 valence electrons. The number of aldehydes is 1. The lowest BCUT2D eigenvalue weighted by atomic mass is 9.90. The summed E-state index contributed by atoms with van der Waals surface area (Å²) in [5.41, 5.74) is 14.0. The van der Waals surface area contributed by atoms with Crippen LogP contribution in [-0.4, -0.2) is 6.29 Å². The molecule has 1 nitrogen and oxygen atoms in total. The molecule has 0 amide bonds. The van der Waals surface area contributed by atoms with Crippen LogP contribution in [0.1, 0.15) is 126 Å².